The zero-order valence-electron chi connectivity index (χ0n) is 12.1. The number of rotatable bonds is 4. The monoisotopic (exact) mass is 292 g/mol. The number of carbonyl (C=O) groups is 1. The summed E-state index contributed by atoms with van der Waals surface area (Å²) in [5.74, 6) is 1.59. The number of hydrogen-bond donors (Lipinski definition) is 1. The lowest BCUT2D eigenvalue weighted by atomic mass is 10.1. The molecule has 1 atom stereocenters. The first kappa shape index (κ1) is 14.2. The fourth-order valence-electron chi connectivity index (χ4n) is 2.60. The average molecular weight is 292 g/mol. The van der Waals surface area contributed by atoms with Gasteiger partial charge in [0.2, 0.25) is 5.91 Å². The molecule has 2 heterocycles. The van der Waals surface area contributed by atoms with Crippen molar-refractivity contribution in [1.82, 2.24) is 10.2 Å². The predicted molar refractivity (Wildman–Crippen MR) is 76.6 cm³/mol. The van der Waals surface area contributed by atoms with E-state index >= 15 is 0 Å². The molecule has 6 heteroatoms. The van der Waals surface area contributed by atoms with Gasteiger partial charge in [-0.1, -0.05) is 6.07 Å². The van der Waals surface area contributed by atoms with Gasteiger partial charge >= 0.3 is 0 Å². The third-order valence-corrected chi connectivity index (χ3v) is 3.80. The maximum absolute atomic E-state index is 11.8. The summed E-state index contributed by atoms with van der Waals surface area (Å²) in [6, 6.07) is 5.98. The molecule has 0 radical (unpaired) electrons. The van der Waals surface area contributed by atoms with Gasteiger partial charge in [-0.3, -0.25) is 4.79 Å². The Balaban J connectivity index is 1.74. The van der Waals surface area contributed by atoms with Crippen molar-refractivity contribution in [3.05, 3.63) is 23.8 Å². The standard InChI is InChI=1S/C15H20N2O4/c1-16-12(9-17-4-5-19-10-15(17)18)11-2-3-13-14(8-11)21-7-6-20-13/h2-3,8,12,16H,4-7,9-10H2,1H3. The summed E-state index contributed by atoms with van der Waals surface area (Å²) in [7, 11) is 1.90. The Morgan fingerprint density at radius 2 is 2.05 bits per heavy atom. The summed E-state index contributed by atoms with van der Waals surface area (Å²) in [5, 5.41) is 3.26. The highest BCUT2D eigenvalue weighted by molar-refractivity contribution is 5.78. The molecular weight excluding hydrogens is 272 g/mol. The van der Waals surface area contributed by atoms with E-state index in [9.17, 15) is 4.79 Å². The van der Waals surface area contributed by atoms with Crippen LogP contribution in [0.5, 0.6) is 11.5 Å². The molecule has 2 aliphatic rings. The maximum atomic E-state index is 11.8. The summed E-state index contributed by atoms with van der Waals surface area (Å²) in [6.45, 7) is 3.20. The Labute approximate surface area is 124 Å². The SMILES string of the molecule is CNC(CN1CCOCC1=O)c1ccc2c(c1)OCCO2. The lowest BCUT2D eigenvalue weighted by Gasteiger charge is -2.31. The second-order valence-electron chi connectivity index (χ2n) is 5.14. The number of amides is 1. The first-order chi connectivity index (χ1) is 10.3. The molecule has 3 rings (SSSR count). The predicted octanol–water partition coefficient (Wildman–Crippen LogP) is 0.577. The molecule has 1 aromatic carbocycles. The first-order valence-corrected chi connectivity index (χ1v) is 7.20. The molecule has 0 saturated carbocycles. The van der Waals surface area contributed by atoms with E-state index in [1.165, 1.54) is 0 Å². The smallest absolute Gasteiger partial charge is 0.248 e. The van der Waals surface area contributed by atoms with Crippen LogP contribution >= 0.6 is 0 Å². The van der Waals surface area contributed by atoms with Gasteiger partial charge < -0.3 is 24.4 Å². The van der Waals surface area contributed by atoms with Crippen molar-refractivity contribution in [1.29, 1.82) is 0 Å². The second-order valence-corrected chi connectivity index (χ2v) is 5.14. The van der Waals surface area contributed by atoms with Crippen LogP contribution in [-0.2, 0) is 9.53 Å². The van der Waals surface area contributed by atoms with Crippen molar-refractivity contribution in [2.24, 2.45) is 0 Å². The van der Waals surface area contributed by atoms with E-state index in [-0.39, 0.29) is 18.6 Å². The number of hydrogen-bond acceptors (Lipinski definition) is 5. The largest absolute Gasteiger partial charge is 0.486 e. The van der Waals surface area contributed by atoms with Crippen molar-refractivity contribution in [2.75, 3.05) is 46.6 Å². The summed E-state index contributed by atoms with van der Waals surface area (Å²) in [4.78, 5) is 13.7. The van der Waals surface area contributed by atoms with Gasteiger partial charge in [0.25, 0.3) is 0 Å². The van der Waals surface area contributed by atoms with Crippen molar-refractivity contribution < 1.29 is 19.0 Å². The molecule has 114 valence electrons. The number of fused-ring (bicyclic) bond motifs is 1. The van der Waals surface area contributed by atoms with E-state index in [1.54, 1.807) is 0 Å². The van der Waals surface area contributed by atoms with Gasteiger partial charge in [-0.2, -0.15) is 0 Å². The number of carbonyl (C=O) groups excluding carboxylic acids is 1. The number of ether oxygens (including phenoxy) is 3. The van der Waals surface area contributed by atoms with Gasteiger partial charge in [-0.25, -0.2) is 0 Å². The van der Waals surface area contributed by atoms with Crippen molar-refractivity contribution in [3.8, 4) is 11.5 Å². The molecule has 1 amide bonds. The Kier molecular flexibility index (Phi) is 4.26. The lowest BCUT2D eigenvalue weighted by molar-refractivity contribution is -0.143. The minimum atomic E-state index is 0.0408. The zero-order chi connectivity index (χ0) is 14.7. The van der Waals surface area contributed by atoms with Crippen LogP contribution in [0.2, 0.25) is 0 Å². The Morgan fingerprint density at radius 1 is 1.24 bits per heavy atom. The molecule has 21 heavy (non-hydrogen) atoms. The molecule has 1 fully saturated rings. The summed E-state index contributed by atoms with van der Waals surface area (Å²) < 4.78 is 16.3. The van der Waals surface area contributed by atoms with Crippen molar-refractivity contribution in [2.45, 2.75) is 6.04 Å². The van der Waals surface area contributed by atoms with Gasteiger partial charge in [-0.05, 0) is 24.7 Å². The minimum absolute atomic E-state index is 0.0408. The van der Waals surface area contributed by atoms with Crippen LogP contribution < -0.4 is 14.8 Å². The van der Waals surface area contributed by atoms with E-state index < -0.39 is 0 Å². The first-order valence-electron chi connectivity index (χ1n) is 7.20. The van der Waals surface area contributed by atoms with Crippen LogP contribution in [0, 0.1) is 0 Å². The highest BCUT2D eigenvalue weighted by Gasteiger charge is 2.23. The molecule has 1 saturated heterocycles. The summed E-state index contributed by atoms with van der Waals surface area (Å²) >= 11 is 0. The van der Waals surface area contributed by atoms with Gasteiger partial charge in [-0.15, -0.1) is 0 Å². The van der Waals surface area contributed by atoms with Crippen LogP contribution in [0.1, 0.15) is 11.6 Å². The van der Waals surface area contributed by atoms with Crippen LogP contribution in [0.3, 0.4) is 0 Å². The molecule has 1 aromatic rings. The number of morpholine rings is 1. The van der Waals surface area contributed by atoms with Crippen LogP contribution in [0.25, 0.3) is 0 Å². The van der Waals surface area contributed by atoms with Crippen molar-refractivity contribution in [3.63, 3.8) is 0 Å². The Bertz CT molecular complexity index is 520. The van der Waals surface area contributed by atoms with Crippen LogP contribution in [-0.4, -0.2) is 57.4 Å². The van der Waals surface area contributed by atoms with E-state index in [0.717, 1.165) is 17.1 Å². The normalized spacial score (nSPS) is 19.5. The van der Waals surface area contributed by atoms with Crippen LogP contribution in [0.15, 0.2) is 18.2 Å². The molecule has 0 aromatic heterocycles. The molecule has 0 aliphatic carbocycles. The minimum Gasteiger partial charge on any atom is -0.486 e. The molecule has 6 nitrogen and oxygen atoms in total. The summed E-state index contributed by atoms with van der Waals surface area (Å²) in [6.07, 6.45) is 0. The average Bonchev–Trinajstić information content (AvgIpc) is 2.54. The fraction of sp³-hybridized carbons (Fsp3) is 0.533. The Hall–Kier alpha value is -1.79. The third-order valence-electron chi connectivity index (χ3n) is 3.80. The van der Waals surface area contributed by atoms with Gasteiger partial charge in [0.05, 0.1) is 6.61 Å². The third kappa shape index (κ3) is 3.11. The van der Waals surface area contributed by atoms with E-state index in [2.05, 4.69) is 5.32 Å². The number of nitrogens with one attached hydrogen (secondary N) is 1. The number of likely N-dealkylation sites (N-methyl/N-ethyl adjacent to an activating group) is 1. The molecule has 2 aliphatic heterocycles. The Morgan fingerprint density at radius 3 is 2.81 bits per heavy atom. The topological polar surface area (TPSA) is 60.0 Å². The van der Waals surface area contributed by atoms with E-state index in [4.69, 9.17) is 14.2 Å². The molecule has 1 N–H and O–H groups in total. The van der Waals surface area contributed by atoms with Gasteiger partial charge in [0, 0.05) is 19.1 Å². The highest BCUT2D eigenvalue weighted by Crippen LogP contribution is 2.32. The zero-order valence-corrected chi connectivity index (χ0v) is 12.1. The maximum Gasteiger partial charge on any atom is 0.248 e. The van der Waals surface area contributed by atoms with E-state index in [0.29, 0.717) is 32.9 Å². The van der Waals surface area contributed by atoms with Crippen molar-refractivity contribution >= 4 is 5.91 Å². The highest BCUT2D eigenvalue weighted by atomic mass is 16.6. The molecular formula is C15H20N2O4. The van der Waals surface area contributed by atoms with E-state index in [1.807, 2.05) is 30.1 Å². The summed E-state index contributed by atoms with van der Waals surface area (Å²) in [5.41, 5.74) is 1.08. The lowest BCUT2D eigenvalue weighted by Crippen LogP contribution is -2.45. The fourth-order valence-corrected chi connectivity index (χ4v) is 2.60. The number of benzene rings is 1. The quantitative estimate of drug-likeness (QED) is 0.879. The second kappa shape index (κ2) is 6.32. The van der Waals surface area contributed by atoms with Crippen LogP contribution in [0.4, 0.5) is 0 Å². The van der Waals surface area contributed by atoms with Gasteiger partial charge in [0.1, 0.15) is 19.8 Å². The van der Waals surface area contributed by atoms with Gasteiger partial charge in [0.15, 0.2) is 11.5 Å². The molecule has 1 unspecified atom stereocenters. The molecule has 0 bridgehead atoms. The number of nitrogens with zero attached hydrogens (tertiary/aromatic N) is 1. The molecule has 0 spiro atoms.